The first kappa shape index (κ1) is 21.8. The molecule has 0 unspecified atom stereocenters. The van der Waals surface area contributed by atoms with E-state index in [1.165, 1.54) is 30.8 Å². The zero-order chi connectivity index (χ0) is 22.7. The number of rotatable bonds is 7. The molecule has 0 saturated heterocycles. The van der Waals surface area contributed by atoms with Gasteiger partial charge in [-0.2, -0.15) is 0 Å². The Kier molecular flexibility index (Phi) is 6.10. The number of hydrogen-bond donors (Lipinski definition) is 0. The van der Waals surface area contributed by atoms with Gasteiger partial charge < -0.3 is 4.74 Å². The lowest BCUT2D eigenvalue weighted by Gasteiger charge is -2.20. The number of benzene rings is 3. The fourth-order valence-corrected chi connectivity index (χ4v) is 5.20. The molecule has 0 bridgehead atoms. The lowest BCUT2D eigenvalue weighted by atomic mass is 10.0. The average Bonchev–Trinajstić information content (AvgIpc) is 3.30. The molecule has 0 fully saturated rings. The summed E-state index contributed by atoms with van der Waals surface area (Å²) >= 11 is 0. The highest BCUT2D eigenvalue weighted by Gasteiger charge is 2.28. The molecule has 7 heteroatoms. The van der Waals surface area contributed by atoms with Crippen molar-refractivity contribution in [2.75, 3.05) is 18.0 Å². The van der Waals surface area contributed by atoms with Gasteiger partial charge in [-0.25, -0.2) is 13.2 Å². The van der Waals surface area contributed by atoms with Crippen LogP contribution in [0.2, 0.25) is 0 Å². The maximum atomic E-state index is 13.2. The standard InChI is InChI=1S/C25H23NO5S/c1-26(21-10-3-2-4-11-21)32(29,30)24-13-6-5-12-22(24)25(28)31-17-23(27)20-15-14-18-8-7-9-19(18)16-20/h2-6,10-16H,7-9,17H2,1H3. The van der Waals surface area contributed by atoms with E-state index in [2.05, 4.69) is 0 Å². The minimum absolute atomic E-state index is 0.114. The first-order chi connectivity index (χ1) is 15.4. The molecular formula is C25H23NO5S. The van der Waals surface area contributed by atoms with E-state index < -0.39 is 22.6 Å². The molecule has 164 valence electrons. The normalized spacial score (nSPS) is 12.8. The van der Waals surface area contributed by atoms with Crippen LogP contribution in [0, 0.1) is 0 Å². The number of ether oxygens (including phenoxy) is 1. The summed E-state index contributed by atoms with van der Waals surface area (Å²) in [6.07, 6.45) is 3.03. The Bertz CT molecular complexity index is 1270. The van der Waals surface area contributed by atoms with Crippen molar-refractivity contribution in [3.63, 3.8) is 0 Å². The minimum atomic E-state index is -4.02. The molecule has 0 amide bonds. The summed E-state index contributed by atoms with van der Waals surface area (Å²) < 4.78 is 32.7. The number of para-hydroxylation sites is 1. The summed E-state index contributed by atoms with van der Waals surface area (Å²) in [5, 5.41) is 0. The van der Waals surface area contributed by atoms with Gasteiger partial charge in [-0.1, -0.05) is 42.5 Å². The average molecular weight is 450 g/mol. The van der Waals surface area contributed by atoms with E-state index in [0.717, 1.165) is 29.1 Å². The van der Waals surface area contributed by atoms with Crippen molar-refractivity contribution in [3.8, 4) is 0 Å². The van der Waals surface area contributed by atoms with E-state index in [0.29, 0.717) is 11.3 Å². The van der Waals surface area contributed by atoms with Gasteiger partial charge in [-0.05, 0) is 60.7 Å². The Morgan fingerprint density at radius 1 is 0.906 bits per heavy atom. The summed E-state index contributed by atoms with van der Waals surface area (Å²) in [7, 11) is -2.60. The topological polar surface area (TPSA) is 80.8 Å². The predicted molar refractivity (Wildman–Crippen MR) is 122 cm³/mol. The molecule has 6 nitrogen and oxygen atoms in total. The Morgan fingerprint density at radius 3 is 2.38 bits per heavy atom. The third-order valence-electron chi connectivity index (χ3n) is 5.62. The smallest absolute Gasteiger partial charge is 0.339 e. The SMILES string of the molecule is CN(c1ccccc1)S(=O)(=O)c1ccccc1C(=O)OCC(=O)c1ccc2c(c1)CCC2. The van der Waals surface area contributed by atoms with Crippen molar-refractivity contribution in [1.29, 1.82) is 0 Å². The second-order valence-corrected chi connectivity index (χ2v) is 9.58. The molecule has 0 aromatic heterocycles. The van der Waals surface area contributed by atoms with Crippen LogP contribution in [0.1, 0.15) is 38.3 Å². The van der Waals surface area contributed by atoms with E-state index in [1.54, 1.807) is 42.5 Å². The van der Waals surface area contributed by atoms with Crippen LogP contribution in [0.3, 0.4) is 0 Å². The number of aryl methyl sites for hydroxylation is 2. The van der Waals surface area contributed by atoms with Gasteiger partial charge in [-0.15, -0.1) is 0 Å². The predicted octanol–water partition coefficient (Wildman–Crippen LogP) is 4.04. The molecule has 4 rings (SSSR count). The highest BCUT2D eigenvalue weighted by atomic mass is 32.2. The number of carbonyl (C=O) groups excluding carboxylic acids is 2. The molecule has 0 spiro atoms. The number of carbonyl (C=O) groups is 2. The fourth-order valence-electron chi connectivity index (χ4n) is 3.82. The molecule has 3 aromatic rings. The molecule has 0 radical (unpaired) electrons. The largest absolute Gasteiger partial charge is 0.454 e. The van der Waals surface area contributed by atoms with Crippen LogP contribution in [-0.2, 0) is 27.6 Å². The molecule has 0 N–H and O–H groups in total. The van der Waals surface area contributed by atoms with E-state index in [1.807, 2.05) is 12.1 Å². The third kappa shape index (κ3) is 4.29. The highest BCUT2D eigenvalue weighted by molar-refractivity contribution is 7.92. The highest BCUT2D eigenvalue weighted by Crippen LogP contribution is 2.25. The lowest BCUT2D eigenvalue weighted by molar-refractivity contribution is 0.0471. The number of sulfonamides is 1. The quantitative estimate of drug-likeness (QED) is 0.402. The first-order valence-corrected chi connectivity index (χ1v) is 11.8. The van der Waals surface area contributed by atoms with Gasteiger partial charge in [0.15, 0.2) is 12.4 Å². The molecular weight excluding hydrogens is 426 g/mol. The summed E-state index contributed by atoms with van der Waals surface area (Å²) in [5.74, 6) is -1.19. The minimum Gasteiger partial charge on any atom is -0.454 e. The zero-order valence-corrected chi connectivity index (χ0v) is 18.5. The Labute approximate surface area is 187 Å². The Hall–Kier alpha value is -3.45. The van der Waals surface area contributed by atoms with Crippen LogP contribution >= 0.6 is 0 Å². The van der Waals surface area contributed by atoms with Gasteiger partial charge in [0.25, 0.3) is 10.0 Å². The van der Waals surface area contributed by atoms with Gasteiger partial charge in [0, 0.05) is 12.6 Å². The Morgan fingerprint density at radius 2 is 1.59 bits per heavy atom. The molecule has 1 aliphatic rings. The molecule has 3 aromatic carbocycles. The first-order valence-electron chi connectivity index (χ1n) is 10.3. The summed E-state index contributed by atoms with van der Waals surface area (Å²) in [4.78, 5) is 25.1. The number of fused-ring (bicyclic) bond motifs is 1. The lowest BCUT2D eigenvalue weighted by Crippen LogP contribution is -2.28. The van der Waals surface area contributed by atoms with Crippen LogP contribution in [0.5, 0.6) is 0 Å². The van der Waals surface area contributed by atoms with Crippen LogP contribution in [-0.4, -0.2) is 33.8 Å². The van der Waals surface area contributed by atoms with Crippen molar-refractivity contribution in [2.24, 2.45) is 0 Å². The van der Waals surface area contributed by atoms with E-state index in [4.69, 9.17) is 4.74 Å². The summed E-state index contributed by atoms with van der Waals surface area (Å²) in [6, 6.07) is 19.9. The van der Waals surface area contributed by atoms with Gasteiger partial charge in [0.1, 0.15) is 4.90 Å². The van der Waals surface area contributed by atoms with Crippen molar-refractivity contribution < 1.29 is 22.7 Å². The zero-order valence-electron chi connectivity index (χ0n) is 17.7. The van der Waals surface area contributed by atoms with Crippen LogP contribution in [0.15, 0.2) is 77.7 Å². The second-order valence-electron chi connectivity index (χ2n) is 7.64. The molecule has 0 saturated carbocycles. The molecule has 32 heavy (non-hydrogen) atoms. The van der Waals surface area contributed by atoms with Gasteiger partial charge in [0.2, 0.25) is 0 Å². The number of anilines is 1. The van der Waals surface area contributed by atoms with Gasteiger partial charge in [-0.3, -0.25) is 9.10 Å². The number of nitrogens with zero attached hydrogens (tertiary/aromatic N) is 1. The van der Waals surface area contributed by atoms with Crippen LogP contribution in [0.4, 0.5) is 5.69 Å². The van der Waals surface area contributed by atoms with Crippen LogP contribution in [0.25, 0.3) is 0 Å². The van der Waals surface area contributed by atoms with E-state index in [-0.39, 0.29) is 16.2 Å². The fraction of sp³-hybridized carbons (Fsp3) is 0.200. The summed E-state index contributed by atoms with van der Waals surface area (Å²) in [5.41, 5.74) is 3.24. The molecule has 1 aliphatic carbocycles. The maximum Gasteiger partial charge on any atom is 0.339 e. The number of Topliss-reactive ketones (excluding diaryl/α,β-unsaturated/α-hetero) is 1. The van der Waals surface area contributed by atoms with Crippen LogP contribution < -0.4 is 4.31 Å². The summed E-state index contributed by atoms with van der Waals surface area (Å²) in [6.45, 7) is -0.458. The number of ketones is 1. The van der Waals surface area contributed by atoms with E-state index >= 15 is 0 Å². The van der Waals surface area contributed by atoms with Gasteiger partial charge in [0.05, 0.1) is 11.3 Å². The number of hydrogen-bond acceptors (Lipinski definition) is 5. The van der Waals surface area contributed by atoms with Crippen molar-refractivity contribution >= 4 is 27.5 Å². The molecule has 0 atom stereocenters. The monoisotopic (exact) mass is 449 g/mol. The molecule has 0 aliphatic heterocycles. The van der Waals surface area contributed by atoms with Crippen molar-refractivity contribution in [1.82, 2.24) is 0 Å². The maximum absolute atomic E-state index is 13.2. The Balaban J connectivity index is 1.52. The van der Waals surface area contributed by atoms with Crippen molar-refractivity contribution in [2.45, 2.75) is 24.2 Å². The third-order valence-corrected chi connectivity index (χ3v) is 7.46. The van der Waals surface area contributed by atoms with Gasteiger partial charge >= 0.3 is 5.97 Å². The van der Waals surface area contributed by atoms with E-state index in [9.17, 15) is 18.0 Å². The molecule has 0 heterocycles. The second kappa shape index (κ2) is 8.96. The number of esters is 1. The van der Waals surface area contributed by atoms with Crippen molar-refractivity contribution in [3.05, 3.63) is 95.1 Å².